The maximum Gasteiger partial charge on any atom is 0.337 e. The summed E-state index contributed by atoms with van der Waals surface area (Å²) in [5, 5.41) is 2.97. The van der Waals surface area contributed by atoms with Crippen molar-refractivity contribution in [3.05, 3.63) is 35.4 Å². The molecule has 0 aliphatic rings. The fourth-order valence-electron chi connectivity index (χ4n) is 1.52. The van der Waals surface area contributed by atoms with E-state index in [4.69, 9.17) is 5.73 Å². The average Bonchev–Trinajstić information content (AvgIpc) is 2.35. The molecule has 1 amide bonds. The number of nitrogens with one attached hydrogen (secondary N) is 1. The zero-order valence-electron chi connectivity index (χ0n) is 9.90. The maximum atomic E-state index is 11.2. The highest BCUT2D eigenvalue weighted by atomic mass is 16.5. The molecule has 0 bridgehead atoms. The van der Waals surface area contributed by atoms with E-state index in [9.17, 15) is 9.59 Å². The van der Waals surface area contributed by atoms with Gasteiger partial charge in [0.15, 0.2) is 0 Å². The zero-order chi connectivity index (χ0) is 12.8. The number of hydrogen-bond donors (Lipinski definition) is 2. The quantitative estimate of drug-likeness (QED) is 0.734. The Kier molecular flexibility index (Phi) is 4.66. The second-order valence-corrected chi connectivity index (χ2v) is 3.51. The highest BCUT2D eigenvalue weighted by Gasteiger charge is 2.16. The molecule has 1 aromatic rings. The molecule has 17 heavy (non-hydrogen) atoms. The molecule has 0 heterocycles. The number of hydrogen-bond acceptors (Lipinski definition) is 4. The normalized spacial score (nSPS) is 11.9. The number of methoxy groups -OCH3 is 1. The number of benzene rings is 1. The second kappa shape index (κ2) is 6.00. The summed E-state index contributed by atoms with van der Waals surface area (Å²) >= 11 is 0. The van der Waals surface area contributed by atoms with Crippen LogP contribution in [0.15, 0.2) is 24.3 Å². The number of ether oxygens (including phenoxy) is 1. The van der Waals surface area contributed by atoms with E-state index >= 15 is 0 Å². The van der Waals surface area contributed by atoms with E-state index in [1.165, 1.54) is 7.11 Å². The van der Waals surface area contributed by atoms with Crippen molar-refractivity contribution in [2.45, 2.75) is 13.0 Å². The van der Waals surface area contributed by atoms with Gasteiger partial charge in [-0.15, -0.1) is 0 Å². The molecule has 0 aromatic heterocycles. The van der Waals surface area contributed by atoms with Crippen molar-refractivity contribution >= 4 is 11.9 Å². The number of rotatable bonds is 5. The first kappa shape index (κ1) is 13.2. The van der Waals surface area contributed by atoms with Crippen LogP contribution in [0, 0.1) is 0 Å². The van der Waals surface area contributed by atoms with Crippen molar-refractivity contribution in [2.75, 3.05) is 13.7 Å². The lowest BCUT2D eigenvalue weighted by Crippen LogP contribution is -2.33. The Morgan fingerprint density at radius 2 is 1.94 bits per heavy atom. The first-order valence-corrected chi connectivity index (χ1v) is 5.31. The summed E-state index contributed by atoms with van der Waals surface area (Å²) in [5.74, 6) is -0.853. The monoisotopic (exact) mass is 236 g/mol. The first-order valence-electron chi connectivity index (χ1n) is 5.31. The summed E-state index contributed by atoms with van der Waals surface area (Å²) < 4.78 is 4.59. The highest BCUT2D eigenvalue weighted by molar-refractivity contribution is 5.89. The number of primary amides is 1. The molecule has 0 saturated carbocycles. The highest BCUT2D eigenvalue weighted by Crippen LogP contribution is 2.14. The molecule has 1 rings (SSSR count). The minimum Gasteiger partial charge on any atom is -0.465 e. The van der Waals surface area contributed by atoms with Gasteiger partial charge in [0, 0.05) is 0 Å². The van der Waals surface area contributed by atoms with Crippen molar-refractivity contribution in [2.24, 2.45) is 5.73 Å². The van der Waals surface area contributed by atoms with Crippen LogP contribution < -0.4 is 11.1 Å². The topological polar surface area (TPSA) is 81.4 Å². The van der Waals surface area contributed by atoms with Crippen LogP contribution in [0.2, 0.25) is 0 Å². The molecule has 0 fully saturated rings. The smallest absolute Gasteiger partial charge is 0.337 e. The third-order valence-corrected chi connectivity index (χ3v) is 2.36. The Morgan fingerprint density at radius 3 is 2.35 bits per heavy atom. The molecule has 92 valence electrons. The molecule has 5 heteroatoms. The number of nitrogens with two attached hydrogens (primary N) is 1. The van der Waals surface area contributed by atoms with Gasteiger partial charge in [0.1, 0.15) is 6.04 Å². The number of carbonyl (C=O) groups excluding carboxylic acids is 2. The van der Waals surface area contributed by atoms with Gasteiger partial charge < -0.3 is 15.8 Å². The number of esters is 1. The van der Waals surface area contributed by atoms with Gasteiger partial charge in [-0.3, -0.25) is 4.79 Å². The minimum absolute atomic E-state index is 0.407. The Hall–Kier alpha value is -1.88. The van der Waals surface area contributed by atoms with E-state index in [2.05, 4.69) is 10.1 Å². The fraction of sp³-hybridized carbons (Fsp3) is 0.333. The second-order valence-electron chi connectivity index (χ2n) is 3.51. The number of likely N-dealkylation sites (N-methyl/N-ethyl adjacent to an activating group) is 1. The van der Waals surface area contributed by atoms with E-state index in [0.29, 0.717) is 12.1 Å². The van der Waals surface area contributed by atoms with Gasteiger partial charge >= 0.3 is 5.97 Å². The van der Waals surface area contributed by atoms with Gasteiger partial charge in [0.25, 0.3) is 0 Å². The summed E-state index contributed by atoms with van der Waals surface area (Å²) in [5.41, 5.74) is 6.46. The van der Waals surface area contributed by atoms with Crippen molar-refractivity contribution < 1.29 is 14.3 Å². The van der Waals surface area contributed by atoms with Gasteiger partial charge in [0.05, 0.1) is 12.7 Å². The molecule has 0 aliphatic carbocycles. The third kappa shape index (κ3) is 3.29. The molecule has 1 unspecified atom stereocenters. The molecule has 0 aliphatic heterocycles. The average molecular weight is 236 g/mol. The molecule has 0 radical (unpaired) electrons. The van der Waals surface area contributed by atoms with Crippen LogP contribution in [0.1, 0.15) is 28.9 Å². The van der Waals surface area contributed by atoms with E-state index in [1.807, 2.05) is 6.92 Å². The Bertz CT molecular complexity index is 401. The predicted octanol–water partition coefficient (Wildman–Crippen LogP) is 0.609. The molecular weight excluding hydrogens is 220 g/mol. The van der Waals surface area contributed by atoms with Crippen LogP contribution in [-0.2, 0) is 9.53 Å². The fourth-order valence-corrected chi connectivity index (χ4v) is 1.52. The van der Waals surface area contributed by atoms with Gasteiger partial charge in [0.2, 0.25) is 5.91 Å². The van der Waals surface area contributed by atoms with E-state index in [1.54, 1.807) is 24.3 Å². The Balaban J connectivity index is 2.91. The number of amides is 1. The summed E-state index contributed by atoms with van der Waals surface area (Å²) in [6.07, 6.45) is 0. The largest absolute Gasteiger partial charge is 0.465 e. The van der Waals surface area contributed by atoms with Crippen LogP contribution in [0.5, 0.6) is 0 Å². The van der Waals surface area contributed by atoms with Crippen LogP contribution >= 0.6 is 0 Å². The van der Waals surface area contributed by atoms with Crippen molar-refractivity contribution in [3.8, 4) is 0 Å². The van der Waals surface area contributed by atoms with Gasteiger partial charge in [-0.2, -0.15) is 0 Å². The first-order chi connectivity index (χ1) is 8.10. The summed E-state index contributed by atoms with van der Waals surface area (Å²) in [6.45, 7) is 2.52. The molecule has 1 aromatic carbocycles. The van der Waals surface area contributed by atoms with Crippen molar-refractivity contribution in [1.82, 2.24) is 5.32 Å². The third-order valence-electron chi connectivity index (χ3n) is 2.36. The SMILES string of the molecule is CCNC(C(N)=O)c1ccc(C(=O)OC)cc1. The molecule has 0 saturated heterocycles. The van der Waals surface area contributed by atoms with Gasteiger partial charge in [-0.05, 0) is 24.2 Å². The van der Waals surface area contributed by atoms with Crippen molar-refractivity contribution in [3.63, 3.8) is 0 Å². The molecule has 0 spiro atoms. The zero-order valence-corrected chi connectivity index (χ0v) is 9.90. The summed E-state index contributed by atoms with van der Waals surface area (Å²) in [7, 11) is 1.32. The van der Waals surface area contributed by atoms with Gasteiger partial charge in [-0.25, -0.2) is 4.79 Å². The lowest BCUT2D eigenvalue weighted by molar-refractivity contribution is -0.120. The van der Waals surface area contributed by atoms with E-state index in [0.717, 1.165) is 5.56 Å². The predicted molar refractivity (Wildman–Crippen MR) is 63.4 cm³/mol. The summed E-state index contributed by atoms with van der Waals surface area (Å²) in [6, 6.07) is 6.05. The van der Waals surface area contributed by atoms with Crippen LogP contribution in [0.25, 0.3) is 0 Å². The summed E-state index contributed by atoms with van der Waals surface area (Å²) in [4.78, 5) is 22.5. The van der Waals surface area contributed by atoms with E-state index < -0.39 is 17.9 Å². The Morgan fingerprint density at radius 1 is 1.35 bits per heavy atom. The molecule has 5 nitrogen and oxygen atoms in total. The number of carbonyl (C=O) groups is 2. The van der Waals surface area contributed by atoms with Crippen molar-refractivity contribution in [1.29, 1.82) is 0 Å². The van der Waals surface area contributed by atoms with Crippen LogP contribution in [0.4, 0.5) is 0 Å². The Labute approximate surface area is 99.9 Å². The molecule has 3 N–H and O–H groups in total. The maximum absolute atomic E-state index is 11.2. The lowest BCUT2D eigenvalue weighted by Gasteiger charge is -2.14. The standard InChI is InChI=1S/C12H16N2O3/c1-3-14-10(11(13)15)8-4-6-9(7-5-8)12(16)17-2/h4-7,10,14H,3H2,1-2H3,(H2,13,15). The van der Waals surface area contributed by atoms with E-state index in [-0.39, 0.29) is 0 Å². The van der Waals surface area contributed by atoms with Crippen LogP contribution in [-0.4, -0.2) is 25.5 Å². The van der Waals surface area contributed by atoms with Gasteiger partial charge in [-0.1, -0.05) is 19.1 Å². The molecular formula is C12H16N2O3. The lowest BCUT2D eigenvalue weighted by atomic mass is 10.0. The molecule has 1 atom stereocenters. The minimum atomic E-state index is -0.535. The van der Waals surface area contributed by atoms with Crippen LogP contribution in [0.3, 0.4) is 0 Å².